The average molecular weight is 263 g/mol. The predicted octanol–water partition coefficient (Wildman–Crippen LogP) is 1.89. The quantitative estimate of drug-likeness (QED) is 0.815. The van der Waals surface area contributed by atoms with Crippen molar-refractivity contribution in [2.24, 2.45) is 0 Å². The summed E-state index contributed by atoms with van der Waals surface area (Å²) < 4.78 is 0. The zero-order valence-corrected chi connectivity index (χ0v) is 10.2. The van der Waals surface area contributed by atoms with Gasteiger partial charge in [0.15, 0.2) is 0 Å². The zero-order chi connectivity index (χ0) is 12.1. The van der Waals surface area contributed by atoms with E-state index < -0.39 is 0 Å². The summed E-state index contributed by atoms with van der Waals surface area (Å²) in [5.41, 5.74) is 0.258. The number of pyridine rings is 1. The topological polar surface area (TPSA) is 62.2 Å². The highest BCUT2D eigenvalue weighted by molar-refractivity contribution is 6.35. The largest absolute Gasteiger partial charge is 0.394 e. The first-order valence-corrected chi connectivity index (χ1v) is 5.56. The number of carbonyl (C=O) groups excluding carboxylic acids is 1. The van der Waals surface area contributed by atoms with Gasteiger partial charge in [-0.2, -0.15) is 0 Å². The van der Waals surface area contributed by atoms with Crippen LogP contribution in [0.4, 0.5) is 0 Å². The molecule has 0 saturated heterocycles. The second kappa shape index (κ2) is 6.03. The lowest BCUT2D eigenvalue weighted by Crippen LogP contribution is -2.37. The van der Waals surface area contributed by atoms with Gasteiger partial charge in [-0.25, -0.2) is 4.98 Å². The molecule has 0 bridgehead atoms. The summed E-state index contributed by atoms with van der Waals surface area (Å²) >= 11 is 11.5. The summed E-state index contributed by atoms with van der Waals surface area (Å²) in [5.74, 6) is -0.366. The van der Waals surface area contributed by atoms with Crippen LogP contribution in [0.15, 0.2) is 12.3 Å². The molecule has 0 fully saturated rings. The number of aliphatic hydroxyl groups is 1. The number of hydrogen-bond donors (Lipinski definition) is 2. The molecule has 88 valence electrons. The molecule has 0 aliphatic carbocycles. The van der Waals surface area contributed by atoms with Gasteiger partial charge in [-0.1, -0.05) is 30.1 Å². The molecule has 0 saturated carbocycles. The van der Waals surface area contributed by atoms with Crippen molar-refractivity contribution < 1.29 is 9.90 Å². The van der Waals surface area contributed by atoms with Gasteiger partial charge in [0.25, 0.3) is 5.91 Å². The molecule has 0 unspecified atom stereocenters. The number of aromatic nitrogens is 1. The van der Waals surface area contributed by atoms with Gasteiger partial charge >= 0.3 is 0 Å². The lowest BCUT2D eigenvalue weighted by atomic mass is 10.2. The van der Waals surface area contributed by atoms with E-state index in [0.717, 1.165) is 0 Å². The van der Waals surface area contributed by atoms with Crippen LogP contribution < -0.4 is 5.32 Å². The highest BCUT2D eigenvalue weighted by Gasteiger charge is 2.14. The first-order valence-electron chi connectivity index (χ1n) is 4.81. The molecule has 0 radical (unpaired) electrons. The van der Waals surface area contributed by atoms with Crippen molar-refractivity contribution >= 4 is 29.1 Å². The van der Waals surface area contributed by atoms with Crippen LogP contribution in [0.3, 0.4) is 0 Å². The fraction of sp³-hybridized carbons (Fsp3) is 0.400. The Bertz CT molecular complexity index is 381. The normalized spacial score (nSPS) is 12.2. The number of hydrogen-bond acceptors (Lipinski definition) is 3. The van der Waals surface area contributed by atoms with E-state index in [-0.39, 0.29) is 34.3 Å². The smallest absolute Gasteiger partial charge is 0.253 e. The number of halogens is 2. The van der Waals surface area contributed by atoms with Crippen molar-refractivity contribution in [1.82, 2.24) is 10.3 Å². The predicted molar refractivity (Wildman–Crippen MR) is 62.9 cm³/mol. The van der Waals surface area contributed by atoms with E-state index in [1.807, 2.05) is 6.92 Å². The number of rotatable bonds is 4. The van der Waals surface area contributed by atoms with Crippen LogP contribution in [0.2, 0.25) is 10.2 Å². The molecule has 2 N–H and O–H groups in total. The lowest BCUT2D eigenvalue weighted by molar-refractivity contribution is 0.0915. The third kappa shape index (κ3) is 3.33. The van der Waals surface area contributed by atoms with E-state index in [1.54, 1.807) is 0 Å². The Hall–Kier alpha value is -0.840. The van der Waals surface area contributed by atoms with E-state index >= 15 is 0 Å². The van der Waals surface area contributed by atoms with Gasteiger partial charge in [0.1, 0.15) is 5.15 Å². The monoisotopic (exact) mass is 262 g/mol. The van der Waals surface area contributed by atoms with Crippen molar-refractivity contribution in [3.05, 3.63) is 28.0 Å². The fourth-order valence-corrected chi connectivity index (χ4v) is 1.47. The summed E-state index contributed by atoms with van der Waals surface area (Å²) in [6, 6.07) is 1.11. The summed E-state index contributed by atoms with van der Waals surface area (Å²) in [4.78, 5) is 15.5. The van der Waals surface area contributed by atoms with Gasteiger partial charge < -0.3 is 10.4 Å². The van der Waals surface area contributed by atoms with Crippen LogP contribution in [0, 0.1) is 0 Å². The fourth-order valence-electron chi connectivity index (χ4n) is 1.13. The molecule has 0 aliphatic rings. The van der Waals surface area contributed by atoms with Crippen LogP contribution in [-0.2, 0) is 0 Å². The molecule has 0 spiro atoms. The molecule has 1 heterocycles. The molecule has 1 rings (SSSR count). The van der Waals surface area contributed by atoms with Gasteiger partial charge in [0.05, 0.1) is 23.2 Å². The molecule has 0 aliphatic heterocycles. The minimum absolute atomic E-state index is 0.112. The third-order valence-electron chi connectivity index (χ3n) is 2.11. The number of amides is 1. The SMILES string of the molecule is CC[C@@H](CO)NC(=O)c1cc(Cl)ncc1Cl. The number of carbonyl (C=O) groups is 1. The van der Waals surface area contributed by atoms with Gasteiger partial charge in [0.2, 0.25) is 0 Å². The van der Waals surface area contributed by atoms with Crippen molar-refractivity contribution in [2.75, 3.05) is 6.61 Å². The third-order valence-corrected chi connectivity index (χ3v) is 2.62. The van der Waals surface area contributed by atoms with Gasteiger partial charge in [-0.05, 0) is 12.5 Å². The van der Waals surface area contributed by atoms with E-state index in [2.05, 4.69) is 10.3 Å². The highest BCUT2D eigenvalue weighted by Crippen LogP contribution is 2.18. The second-order valence-electron chi connectivity index (χ2n) is 3.25. The van der Waals surface area contributed by atoms with Crippen LogP contribution >= 0.6 is 23.2 Å². The van der Waals surface area contributed by atoms with Gasteiger partial charge in [0, 0.05) is 6.20 Å². The van der Waals surface area contributed by atoms with Gasteiger partial charge in [-0.3, -0.25) is 4.79 Å². The Kier molecular flexibility index (Phi) is 4.99. The Balaban J connectivity index is 2.83. The van der Waals surface area contributed by atoms with Crippen LogP contribution in [0.5, 0.6) is 0 Å². The van der Waals surface area contributed by atoms with E-state index in [0.29, 0.717) is 6.42 Å². The van der Waals surface area contributed by atoms with Crippen molar-refractivity contribution in [2.45, 2.75) is 19.4 Å². The molecule has 1 atom stereocenters. The first-order chi connectivity index (χ1) is 7.58. The number of nitrogens with zero attached hydrogens (tertiary/aromatic N) is 1. The van der Waals surface area contributed by atoms with E-state index in [1.165, 1.54) is 12.3 Å². The van der Waals surface area contributed by atoms with Crippen molar-refractivity contribution in [1.29, 1.82) is 0 Å². The molecule has 6 heteroatoms. The van der Waals surface area contributed by atoms with Crippen LogP contribution in [-0.4, -0.2) is 28.6 Å². The molecular formula is C10H12Cl2N2O2. The molecular weight excluding hydrogens is 251 g/mol. The summed E-state index contributed by atoms with van der Waals surface area (Å²) in [6.07, 6.45) is 1.96. The van der Waals surface area contributed by atoms with Crippen LogP contribution in [0.25, 0.3) is 0 Å². The minimum atomic E-state index is -0.366. The maximum Gasteiger partial charge on any atom is 0.253 e. The van der Waals surface area contributed by atoms with Crippen molar-refractivity contribution in [3.8, 4) is 0 Å². The summed E-state index contributed by atoms with van der Waals surface area (Å²) in [5, 5.41) is 12.0. The molecule has 1 amide bonds. The first kappa shape index (κ1) is 13.2. The average Bonchev–Trinajstić information content (AvgIpc) is 2.28. The van der Waals surface area contributed by atoms with Crippen molar-refractivity contribution in [3.63, 3.8) is 0 Å². The lowest BCUT2D eigenvalue weighted by Gasteiger charge is -2.14. The number of aliphatic hydroxyl groups excluding tert-OH is 1. The Morgan fingerprint density at radius 2 is 2.31 bits per heavy atom. The Morgan fingerprint density at radius 3 is 2.88 bits per heavy atom. The van der Waals surface area contributed by atoms with E-state index in [4.69, 9.17) is 28.3 Å². The highest BCUT2D eigenvalue weighted by atomic mass is 35.5. The summed E-state index contributed by atoms with van der Waals surface area (Å²) in [7, 11) is 0. The molecule has 16 heavy (non-hydrogen) atoms. The van der Waals surface area contributed by atoms with Gasteiger partial charge in [-0.15, -0.1) is 0 Å². The maximum absolute atomic E-state index is 11.8. The molecule has 0 aromatic carbocycles. The molecule has 4 nitrogen and oxygen atoms in total. The molecule has 1 aromatic rings. The van der Waals surface area contributed by atoms with Crippen LogP contribution in [0.1, 0.15) is 23.7 Å². The standard InChI is InChI=1S/C10H12Cl2N2O2/c1-2-6(5-15)14-10(16)7-3-9(12)13-4-8(7)11/h3-4,6,15H,2,5H2,1H3,(H,14,16)/t6-/m0/s1. The number of nitrogens with one attached hydrogen (secondary N) is 1. The second-order valence-corrected chi connectivity index (χ2v) is 4.04. The Morgan fingerprint density at radius 1 is 1.62 bits per heavy atom. The molecule has 1 aromatic heterocycles. The Labute approximate surface area is 104 Å². The van der Waals surface area contributed by atoms with E-state index in [9.17, 15) is 4.79 Å². The minimum Gasteiger partial charge on any atom is -0.394 e. The maximum atomic E-state index is 11.8. The zero-order valence-electron chi connectivity index (χ0n) is 8.70. The summed E-state index contributed by atoms with van der Waals surface area (Å²) in [6.45, 7) is 1.75.